The number of hydrogen-bond acceptors (Lipinski definition) is 1. The van der Waals surface area contributed by atoms with E-state index in [9.17, 15) is 4.79 Å². The van der Waals surface area contributed by atoms with Crippen molar-refractivity contribution in [3.8, 4) is 0 Å². The largest absolute Gasteiger partial charge is 0.290 e. The monoisotopic (exact) mass is 212 g/mol. The van der Waals surface area contributed by atoms with Crippen LogP contribution in [0.5, 0.6) is 0 Å². The van der Waals surface area contributed by atoms with Crippen LogP contribution in [-0.2, 0) is 4.79 Å². The molecule has 0 saturated carbocycles. The minimum Gasteiger partial charge on any atom is -0.290 e. The molecule has 0 bridgehead atoms. The van der Waals surface area contributed by atoms with Crippen molar-refractivity contribution in [2.45, 2.75) is 0 Å². The van der Waals surface area contributed by atoms with Gasteiger partial charge in [-0.25, -0.2) is 0 Å². The highest BCUT2D eigenvalue weighted by atomic mass is 16.1. The molecule has 16 heavy (non-hydrogen) atoms. The summed E-state index contributed by atoms with van der Waals surface area (Å²) >= 11 is 0. The van der Waals surface area contributed by atoms with Crippen LogP contribution in [0.2, 0.25) is 0 Å². The van der Waals surface area contributed by atoms with Crippen LogP contribution in [0.1, 0.15) is 0 Å². The fraction of sp³-hybridized carbons (Fsp3) is 0.0714. The lowest BCUT2D eigenvalue weighted by atomic mass is 10.1. The molecule has 1 aliphatic heterocycles. The van der Waals surface area contributed by atoms with Gasteiger partial charge in [0.15, 0.2) is 5.78 Å². The lowest BCUT2D eigenvalue weighted by molar-refractivity contribution is -0.778. The van der Waals surface area contributed by atoms with Gasteiger partial charge in [-0.3, -0.25) is 9.69 Å². The van der Waals surface area contributed by atoms with Crippen LogP contribution in [0, 0.1) is 0 Å². The van der Waals surface area contributed by atoms with Gasteiger partial charge < -0.3 is 0 Å². The summed E-state index contributed by atoms with van der Waals surface area (Å²) in [6, 6.07) is 0. The van der Waals surface area contributed by atoms with E-state index in [-0.39, 0.29) is 5.78 Å². The summed E-state index contributed by atoms with van der Waals surface area (Å²) < 4.78 is 0. The van der Waals surface area contributed by atoms with Crippen molar-refractivity contribution in [3.05, 3.63) is 72.2 Å². The zero-order valence-corrected chi connectivity index (χ0v) is 9.18. The molecule has 1 atom stereocenters. The molecular formula is C14H14NO+. The Morgan fingerprint density at radius 1 is 1.00 bits per heavy atom. The van der Waals surface area contributed by atoms with Crippen molar-refractivity contribution in [1.29, 1.82) is 0 Å². The van der Waals surface area contributed by atoms with E-state index in [2.05, 4.69) is 25.4 Å². The SMILES string of the molecule is C[NH+]1C=CC=CC1=CC=C1C=CC(=O)C=C1. The van der Waals surface area contributed by atoms with Crippen molar-refractivity contribution in [2.75, 3.05) is 7.05 Å². The molecule has 2 aliphatic rings. The van der Waals surface area contributed by atoms with E-state index in [4.69, 9.17) is 0 Å². The maximum absolute atomic E-state index is 10.9. The molecule has 1 N–H and O–H groups in total. The number of hydrogen-bond donors (Lipinski definition) is 1. The first-order valence-corrected chi connectivity index (χ1v) is 5.26. The number of rotatable bonds is 1. The summed E-state index contributed by atoms with van der Waals surface area (Å²) in [5.41, 5.74) is 2.25. The predicted octanol–water partition coefficient (Wildman–Crippen LogP) is 1.09. The quantitative estimate of drug-likeness (QED) is 0.690. The minimum atomic E-state index is 0.0491. The van der Waals surface area contributed by atoms with Gasteiger partial charge in [0.2, 0.25) is 0 Å². The molecule has 0 aromatic rings. The molecule has 1 aliphatic carbocycles. The van der Waals surface area contributed by atoms with Crippen molar-refractivity contribution in [2.24, 2.45) is 0 Å². The van der Waals surface area contributed by atoms with Gasteiger partial charge in [0.05, 0.1) is 13.2 Å². The maximum Gasteiger partial charge on any atom is 0.178 e. The first-order chi connectivity index (χ1) is 7.75. The van der Waals surface area contributed by atoms with Gasteiger partial charge in [0, 0.05) is 6.08 Å². The van der Waals surface area contributed by atoms with Crippen LogP contribution in [0.15, 0.2) is 72.2 Å². The Kier molecular flexibility index (Phi) is 3.13. The maximum atomic E-state index is 10.9. The van der Waals surface area contributed by atoms with Crippen LogP contribution in [0.25, 0.3) is 0 Å². The van der Waals surface area contributed by atoms with Crippen LogP contribution < -0.4 is 4.90 Å². The van der Waals surface area contributed by atoms with Gasteiger partial charge in [-0.15, -0.1) is 0 Å². The molecule has 80 valence electrons. The molecule has 0 spiro atoms. The second kappa shape index (κ2) is 4.73. The number of quaternary nitrogens is 1. The third-order valence-electron chi connectivity index (χ3n) is 2.52. The van der Waals surface area contributed by atoms with E-state index in [1.165, 1.54) is 10.6 Å². The molecule has 0 aromatic heterocycles. The smallest absolute Gasteiger partial charge is 0.178 e. The molecule has 0 fully saturated rings. The van der Waals surface area contributed by atoms with Gasteiger partial charge in [0.25, 0.3) is 0 Å². The lowest BCUT2D eigenvalue weighted by Crippen LogP contribution is -3.02. The summed E-state index contributed by atoms with van der Waals surface area (Å²) in [6.45, 7) is 0. The third kappa shape index (κ3) is 2.55. The third-order valence-corrected chi connectivity index (χ3v) is 2.52. The predicted molar refractivity (Wildman–Crippen MR) is 64.6 cm³/mol. The van der Waals surface area contributed by atoms with E-state index < -0.39 is 0 Å². The van der Waals surface area contributed by atoms with E-state index in [1.54, 1.807) is 12.2 Å². The molecule has 2 rings (SSSR count). The van der Waals surface area contributed by atoms with E-state index in [1.807, 2.05) is 30.4 Å². The summed E-state index contributed by atoms with van der Waals surface area (Å²) in [5.74, 6) is 0.0491. The minimum absolute atomic E-state index is 0.0491. The Balaban J connectivity index is 2.14. The second-order valence-corrected chi connectivity index (χ2v) is 3.76. The zero-order valence-electron chi connectivity index (χ0n) is 9.18. The fourth-order valence-electron chi connectivity index (χ4n) is 1.54. The van der Waals surface area contributed by atoms with Crippen LogP contribution in [0.3, 0.4) is 0 Å². The Hall–Kier alpha value is -1.93. The number of carbonyl (C=O) groups excluding carboxylic acids is 1. The standard InChI is InChI=1S/C14H13NO/c1-15-11-3-2-4-13(15)8-5-12-6-9-14(16)10-7-12/h2-11H,1H3/p+1. The molecule has 2 nitrogen and oxygen atoms in total. The molecule has 1 heterocycles. The van der Waals surface area contributed by atoms with Crippen molar-refractivity contribution in [1.82, 2.24) is 0 Å². The van der Waals surface area contributed by atoms with Crippen LogP contribution in [0.4, 0.5) is 0 Å². The first kappa shape index (κ1) is 10.6. The molecule has 2 heteroatoms. The fourth-order valence-corrected chi connectivity index (χ4v) is 1.54. The number of likely N-dealkylation sites (N-methyl/N-ethyl adjacent to an activating group) is 1. The highest BCUT2D eigenvalue weighted by Gasteiger charge is 2.05. The average molecular weight is 212 g/mol. The van der Waals surface area contributed by atoms with Crippen LogP contribution >= 0.6 is 0 Å². The van der Waals surface area contributed by atoms with E-state index >= 15 is 0 Å². The first-order valence-electron chi connectivity index (χ1n) is 5.26. The lowest BCUT2D eigenvalue weighted by Gasteiger charge is -2.10. The Bertz CT molecular complexity index is 455. The van der Waals surface area contributed by atoms with E-state index in [0.717, 1.165) is 5.57 Å². The zero-order chi connectivity index (χ0) is 11.4. The molecule has 0 aromatic carbocycles. The van der Waals surface area contributed by atoms with Gasteiger partial charge in [-0.05, 0) is 36.0 Å². The van der Waals surface area contributed by atoms with E-state index in [0.29, 0.717) is 0 Å². The Morgan fingerprint density at radius 3 is 2.44 bits per heavy atom. The van der Waals surface area contributed by atoms with Crippen molar-refractivity contribution in [3.63, 3.8) is 0 Å². The van der Waals surface area contributed by atoms with Gasteiger partial charge in [-0.2, -0.15) is 0 Å². The van der Waals surface area contributed by atoms with Gasteiger partial charge >= 0.3 is 0 Å². The number of nitrogens with one attached hydrogen (secondary N) is 1. The molecular weight excluding hydrogens is 198 g/mol. The number of carbonyl (C=O) groups is 1. The normalized spacial score (nSPS) is 25.6. The number of ketones is 1. The summed E-state index contributed by atoms with van der Waals surface area (Å²) in [6.07, 6.45) is 19.1. The van der Waals surface area contributed by atoms with Gasteiger partial charge in [-0.1, -0.05) is 18.2 Å². The molecule has 0 amide bonds. The Morgan fingerprint density at radius 2 is 1.75 bits per heavy atom. The van der Waals surface area contributed by atoms with Gasteiger partial charge in [0.1, 0.15) is 5.70 Å². The summed E-state index contributed by atoms with van der Waals surface area (Å²) in [7, 11) is 2.08. The Labute approximate surface area is 95.3 Å². The number of allylic oxidation sites excluding steroid dienone is 10. The highest BCUT2D eigenvalue weighted by molar-refractivity contribution is 6.01. The molecule has 0 saturated heterocycles. The average Bonchev–Trinajstić information content (AvgIpc) is 2.30. The highest BCUT2D eigenvalue weighted by Crippen LogP contribution is 2.06. The van der Waals surface area contributed by atoms with Crippen LogP contribution in [-0.4, -0.2) is 12.8 Å². The summed E-state index contributed by atoms with van der Waals surface area (Å²) in [4.78, 5) is 12.2. The molecule has 1 unspecified atom stereocenters. The second-order valence-electron chi connectivity index (χ2n) is 3.76. The van der Waals surface area contributed by atoms with Crippen molar-refractivity contribution < 1.29 is 9.69 Å². The summed E-state index contributed by atoms with van der Waals surface area (Å²) in [5, 5.41) is 0. The molecule has 0 radical (unpaired) electrons. The topological polar surface area (TPSA) is 21.5 Å². The van der Waals surface area contributed by atoms with Crippen molar-refractivity contribution >= 4 is 5.78 Å².